The van der Waals surface area contributed by atoms with E-state index in [1.54, 1.807) is 0 Å². The molecule has 0 spiro atoms. The van der Waals surface area contributed by atoms with Gasteiger partial charge >= 0.3 is 0 Å². The maximum absolute atomic E-state index is 5.63. The Morgan fingerprint density at radius 2 is 2.00 bits per heavy atom. The van der Waals surface area contributed by atoms with Crippen molar-refractivity contribution in [1.29, 1.82) is 0 Å². The van der Waals surface area contributed by atoms with Crippen LogP contribution in [0.3, 0.4) is 0 Å². The predicted molar refractivity (Wildman–Crippen MR) is 73.0 cm³/mol. The standard InChI is InChI=1S/C15H20N2O/c1-10(2)14-13-5-4-11-6-8-17(3)9-7-12(11)15(13)18-16-14/h4-5,10H,6-9H2,1-3H3. The molecular weight excluding hydrogens is 224 g/mol. The Bertz CT molecular complexity index is 571. The molecule has 0 aliphatic carbocycles. The van der Waals surface area contributed by atoms with Crippen molar-refractivity contribution in [3.63, 3.8) is 0 Å². The lowest BCUT2D eigenvalue weighted by Crippen LogP contribution is -2.20. The highest BCUT2D eigenvalue weighted by molar-refractivity contribution is 5.84. The molecule has 0 N–H and O–H groups in total. The lowest BCUT2D eigenvalue weighted by Gasteiger charge is -2.10. The first-order valence-electron chi connectivity index (χ1n) is 6.75. The van der Waals surface area contributed by atoms with Crippen LogP contribution in [0.5, 0.6) is 0 Å². The minimum Gasteiger partial charge on any atom is -0.356 e. The lowest BCUT2D eigenvalue weighted by molar-refractivity contribution is 0.352. The van der Waals surface area contributed by atoms with Gasteiger partial charge in [-0.1, -0.05) is 25.1 Å². The van der Waals surface area contributed by atoms with Crippen molar-refractivity contribution < 1.29 is 4.52 Å². The van der Waals surface area contributed by atoms with E-state index in [9.17, 15) is 0 Å². The second-order valence-corrected chi connectivity index (χ2v) is 5.61. The second-order valence-electron chi connectivity index (χ2n) is 5.61. The van der Waals surface area contributed by atoms with E-state index in [0.29, 0.717) is 5.92 Å². The van der Waals surface area contributed by atoms with E-state index >= 15 is 0 Å². The number of benzene rings is 1. The maximum atomic E-state index is 5.63. The Labute approximate surface area is 108 Å². The average molecular weight is 244 g/mol. The first kappa shape index (κ1) is 11.7. The van der Waals surface area contributed by atoms with Crippen molar-refractivity contribution in [3.8, 4) is 0 Å². The minimum absolute atomic E-state index is 0.415. The molecule has 0 bridgehead atoms. The first-order chi connectivity index (χ1) is 8.66. The van der Waals surface area contributed by atoms with Gasteiger partial charge in [-0.2, -0.15) is 0 Å². The van der Waals surface area contributed by atoms with Crippen LogP contribution in [0.25, 0.3) is 11.0 Å². The van der Waals surface area contributed by atoms with Crippen LogP contribution >= 0.6 is 0 Å². The van der Waals surface area contributed by atoms with E-state index < -0.39 is 0 Å². The van der Waals surface area contributed by atoms with Crippen LogP contribution in [0.4, 0.5) is 0 Å². The molecule has 0 atom stereocenters. The van der Waals surface area contributed by atoms with E-state index in [2.05, 4.69) is 43.1 Å². The van der Waals surface area contributed by atoms with Gasteiger partial charge in [0, 0.05) is 24.0 Å². The summed E-state index contributed by atoms with van der Waals surface area (Å²) in [4.78, 5) is 2.38. The normalized spacial score (nSPS) is 17.1. The summed E-state index contributed by atoms with van der Waals surface area (Å²) >= 11 is 0. The van der Waals surface area contributed by atoms with Gasteiger partial charge in [-0.05, 0) is 37.4 Å². The number of fused-ring (bicyclic) bond motifs is 3. The van der Waals surface area contributed by atoms with E-state index in [1.807, 2.05) is 0 Å². The molecule has 2 heterocycles. The third-order valence-corrected chi connectivity index (χ3v) is 3.92. The van der Waals surface area contributed by atoms with Crippen LogP contribution in [-0.2, 0) is 12.8 Å². The molecule has 1 aliphatic rings. The lowest BCUT2D eigenvalue weighted by atomic mass is 9.97. The predicted octanol–water partition coefficient (Wildman–Crippen LogP) is 2.98. The molecular formula is C15H20N2O. The summed E-state index contributed by atoms with van der Waals surface area (Å²) in [7, 11) is 2.18. The van der Waals surface area contributed by atoms with Gasteiger partial charge in [-0.25, -0.2) is 0 Å². The van der Waals surface area contributed by atoms with E-state index in [-0.39, 0.29) is 0 Å². The number of nitrogens with zero attached hydrogens (tertiary/aromatic N) is 2. The van der Waals surface area contributed by atoms with Crippen molar-refractivity contribution in [3.05, 3.63) is 29.0 Å². The Kier molecular flexibility index (Phi) is 2.86. The molecule has 2 aromatic rings. The van der Waals surface area contributed by atoms with Crippen molar-refractivity contribution in [2.45, 2.75) is 32.6 Å². The highest BCUT2D eigenvalue weighted by Gasteiger charge is 2.19. The molecule has 0 saturated carbocycles. The van der Waals surface area contributed by atoms with Gasteiger partial charge < -0.3 is 9.42 Å². The topological polar surface area (TPSA) is 29.3 Å². The fourth-order valence-electron chi connectivity index (χ4n) is 2.77. The number of hydrogen-bond acceptors (Lipinski definition) is 3. The molecule has 1 aliphatic heterocycles. The summed E-state index contributed by atoms with van der Waals surface area (Å²) in [6.45, 7) is 6.56. The average Bonchev–Trinajstić information content (AvgIpc) is 2.69. The molecule has 0 amide bonds. The SMILES string of the molecule is CC(C)c1noc2c3c(ccc12)CCN(C)CC3. The molecule has 3 nitrogen and oxygen atoms in total. The van der Waals surface area contributed by atoms with E-state index in [1.165, 1.54) is 16.5 Å². The number of likely N-dealkylation sites (N-methyl/N-ethyl adjacent to an activating group) is 1. The zero-order valence-corrected chi connectivity index (χ0v) is 11.4. The number of aromatic nitrogens is 1. The molecule has 1 aromatic heterocycles. The summed E-state index contributed by atoms with van der Waals surface area (Å²) in [6.07, 6.45) is 2.18. The number of rotatable bonds is 1. The van der Waals surface area contributed by atoms with Crippen LogP contribution in [-0.4, -0.2) is 30.2 Å². The maximum Gasteiger partial charge on any atom is 0.170 e. The van der Waals surface area contributed by atoms with Crippen molar-refractivity contribution >= 4 is 11.0 Å². The van der Waals surface area contributed by atoms with Crippen LogP contribution < -0.4 is 0 Å². The summed E-state index contributed by atoms with van der Waals surface area (Å²) in [6, 6.07) is 4.45. The first-order valence-corrected chi connectivity index (χ1v) is 6.75. The molecule has 1 aromatic carbocycles. The second kappa shape index (κ2) is 4.39. The largest absolute Gasteiger partial charge is 0.356 e. The van der Waals surface area contributed by atoms with Gasteiger partial charge in [0.1, 0.15) is 0 Å². The Hall–Kier alpha value is -1.35. The third kappa shape index (κ3) is 1.83. The summed E-state index contributed by atoms with van der Waals surface area (Å²) in [5.41, 5.74) is 4.91. The summed E-state index contributed by atoms with van der Waals surface area (Å²) < 4.78 is 5.63. The Morgan fingerprint density at radius 3 is 2.78 bits per heavy atom. The monoisotopic (exact) mass is 244 g/mol. The molecule has 3 rings (SSSR count). The summed E-state index contributed by atoms with van der Waals surface area (Å²) in [5, 5.41) is 5.47. The minimum atomic E-state index is 0.415. The Balaban J connectivity index is 2.15. The van der Waals surface area contributed by atoms with Gasteiger partial charge in [-0.3, -0.25) is 0 Å². The Morgan fingerprint density at radius 1 is 1.22 bits per heavy atom. The van der Waals surface area contributed by atoms with Crippen molar-refractivity contribution in [2.24, 2.45) is 0 Å². The number of hydrogen-bond donors (Lipinski definition) is 0. The zero-order valence-electron chi connectivity index (χ0n) is 11.4. The van der Waals surface area contributed by atoms with Crippen LogP contribution in [0, 0.1) is 0 Å². The molecule has 18 heavy (non-hydrogen) atoms. The molecule has 0 unspecified atom stereocenters. The fourth-order valence-corrected chi connectivity index (χ4v) is 2.77. The summed E-state index contributed by atoms with van der Waals surface area (Å²) in [5.74, 6) is 0.415. The fraction of sp³-hybridized carbons (Fsp3) is 0.533. The molecule has 0 fully saturated rings. The highest BCUT2D eigenvalue weighted by atomic mass is 16.5. The van der Waals surface area contributed by atoms with Gasteiger partial charge in [0.25, 0.3) is 0 Å². The smallest absolute Gasteiger partial charge is 0.170 e. The zero-order chi connectivity index (χ0) is 12.7. The van der Waals surface area contributed by atoms with Gasteiger partial charge in [0.15, 0.2) is 5.58 Å². The third-order valence-electron chi connectivity index (χ3n) is 3.92. The van der Waals surface area contributed by atoms with Gasteiger partial charge in [0.2, 0.25) is 0 Å². The van der Waals surface area contributed by atoms with Crippen LogP contribution in [0.1, 0.15) is 36.6 Å². The van der Waals surface area contributed by atoms with Crippen LogP contribution in [0.2, 0.25) is 0 Å². The molecule has 96 valence electrons. The molecule has 0 saturated heterocycles. The van der Waals surface area contributed by atoms with Gasteiger partial charge in [-0.15, -0.1) is 0 Å². The van der Waals surface area contributed by atoms with Crippen LogP contribution in [0.15, 0.2) is 16.7 Å². The van der Waals surface area contributed by atoms with Gasteiger partial charge in [0.05, 0.1) is 5.69 Å². The molecule has 0 radical (unpaired) electrons. The quantitative estimate of drug-likeness (QED) is 0.772. The molecule has 3 heteroatoms. The highest BCUT2D eigenvalue weighted by Crippen LogP contribution is 2.30. The van der Waals surface area contributed by atoms with Crippen molar-refractivity contribution in [2.75, 3.05) is 20.1 Å². The van der Waals surface area contributed by atoms with Crippen molar-refractivity contribution in [1.82, 2.24) is 10.1 Å². The van der Waals surface area contributed by atoms with E-state index in [4.69, 9.17) is 4.52 Å². The van der Waals surface area contributed by atoms with E-state index in [0.717, 1.165) is 37.2 Å².